The summed E-state index contributed by atoms with van der Waals surface area (Å²) >= 11 is 0. The fourth-order valence-corrected chi connectivity index (χ4v) is 2.00. The first-order chi connectivity index (χ1) is 11.0. The Morgan fingerprint density at radius 3 is 2.39 bits per heavy atom. The van der Waals surface area contributed by atoms with E-state index in [-0.39, 0.29) is 5.92 Å². The lowest BCUT2D eigenvalue weighted by molar-refractivity contribution is -0.144. The van der Waals surface area contributed by atoms with E-state index >= 15 is 0 Å². The van der Waals surface area contributed by atoms with Crippen molar-refractivity contribution in [3.8, 4) is 11.5 Å². The Bertz CT molecular complexity index is 547. The van der Waals surface area contributed by atoms with E-state index in [2.05, 4.69) is 10.6 Å². The zero-order chi connectivity index (χ0) is 17.4. The van der Waals surface area contributed by atoms with Gasteiger partial charge in [0.25, 0.3) is 0 Å². The van der Waals surface area contributed by atoms with E-state index in [0.29, 0.717) is 17.2 Å². The molecule has 0 aliphatic rings. The summed E-state index contributed by atoms with van der Waals surface area (Å²) in [5.41, 5.74) is 0.471. The second kappa shape index (κ2) is 8.87. The quantitative estimate of drug-likeness (QED) is 0.752. The number of methoxy groups -OCH3 is 3. The van der Waals surface area contributed by atoms with Gasteiger partial charge in [-0.2, -0.15) is 0 Å². The van der Waals surface area contributed by atoms with Crippen LogP contribution in [0.1, 0.15) is 20.3 Å². The van der Waals surface area contributed by atoms with Crippen molar-refractivity contribution in [2.75, 3.05) is 26.6 Å². The van der Waals surface area contributed by atoms with E-state index in [0.717, 1.165) is 6.42 Å². The standard InChI is InChI=1S/C16H24N2O5/c1-6-10(2)14(15(19)23-5)18-16(20)17-12-8-7-11(21-3)9-13(12)22-4/h7-10,14H,6H2,1-5H3,(H2,17,18,20)/t10-,14-/m1/s1. The van der Waals surface area contributed by atoms with E-state index in [4.69, 9.17) is 14.2 Å². The number of hydrogen-bond acceptors (Lipinski definition) is 5. The average molecular weight is 324 g/mol. The number of amides is 2. The van der Waals surface area contributed by atoms with Crippen LogP contribution in [0.25, 0.3) is 0 Å². The summed E-state index contributed by atoms with van der Waals surface area (Å²) in [6.45, 7) is 3.81. The summed E-state index contributed by atoms with van der Waals surface area (Å²) in [7, 11) is 4.33. The molecule has 0 fully saturated rings. The van der Waals surface area contributed by atoms with Crippen molar-refractivity contribution in [3.05, 3.63) is 18.2 Å². The molecule has 7 nitrogen and oxygen atoms in total. The summed E-state index contributed by atoms with van der Waals surface area (Å²) in [5.74, 6) is 0.541. The normalized spacial score (nSPS) is 12.7. The topological polar surface area (TPSA) is 85.9 Å². The van der Waals surface area contributed by atoms with E-state index in [1.165, 1.54) is 14.2 Å². The number of hydrogen-bond donors (Lipinski definition) is 2. The third-order valence-corrected chi connectivity index (χ3v) is 3.61. The number of nitrogens with one attached hydrogen (secondary N) is 2. The number of anilines is 1. The number of rotatable bonds is 7. The van der Waals surface area contributed by atoms with Crippen LogP contribution in [0, 0.1) is 5.92 Å². The van der Waals surface area contributed by atoms with Gasteiger partial charge in [0.15, 0.2) is 0 Å². The summed E-state index contributed by atoms with van der Waals surface area (Å²) in [6.07, 6.45) is 0.728. The Hall–Kier alpha value is -2.44. The van der Waals surface area contributed by atoms with Crippen molar-refractivity contribution in [2.24, 2.45) is 5.92 Å². The highest BCUT2D eigenvalue weighted by Crippen LogP contribution is 2.28. The van der Waals surface area contributed by atoms with Crippen LogP contribution in [0.4, 0.5) is 10.5 Å². The summed E-state index contributed by atoms with van der Waals surface area (Å²) in [4.78, 5) is 24.0. The van der Waals surface area contributed by atoms with E-state index in [1.54, 1.807) is 25.3 Å². The van der Waals surface area contributed by atoms with Crippen molar-refractivity contribution < 1.29 is 23.8 Å². The fourth-order valence-electron chi connectivity index (χ4n) is 2.00. The maximum atomic E-state index is 12.2. The van der Waals surface area contributed by atoms with Gasteiger partial charge >= 0.3 is 12.0 Å². The first-order valence-corrected chi connectivity index (χ1v) is 7.34. The molecule has 0 saturated heterocycles. The number of esters is 1. The molecule has 128 valence electrons. The van der Waals surface area contributed by atoms with Crippen molar-refractivity contribution in [3.63, 3.8) is 0 Å². The predicted octanol–water partition coefficient (Wildman–Crippen LogP) is 2.41. The summed E-state index contributed by atoms with van der Waals surface area (Å²) in [6, 6.07) is 3.79. The van der Waals surface area contributed by atoms with E-state index in [1.807, 2.05) is 13.8 Å². The minimum absolute atomic E-state index is 0.0500. The van der Waals surface area contributed by atoms with Crippen LogP contribution in [0.3, 0.4) is 0 Å². The minimum Gasteiger partial charge on any atom is -0.497 e. The lowest BCUT2D eigenvalue weighted by Crippen LogP contribution is -2.47. The molecule has 0 radical (unpaired) electrons. The molecular formula is C16H24N2O5. The zero-order valence-electron chi connectivity index (χ0n) is 14.1. The molecule has 1 rings (SSSR count). The maximum absolute atomic E-state index is 12.2. The van der Waals surface area contributed by atoms with Crippen LogP contribution in [0.2, 0.25) is 0 Å². The number of carbonyl (C=O) groups excluding carboxylic acids is 2. The van der Waals surface area contributed by atoms with E-state index < -0.39 is 18.0 Å². The zero-order valence-corrected chi connectivity index (χ0v) is 14.1. The fraction of sp³-hybridized carbons (Fsp3) is 0.500. The minimum atomic E-state index is -0.714. The summed E-state index contributed by atoms with van der Waals surface area (Å²) in [5, 5.41) is 5.30. The van der Waals surface area contributed by atoms with Gasteiger partial charge < -0.3 is 24.8 Å². The second-order valence-electron chi connectivity index (χ2n) is 5.05. The molecule has 2 N–H and O–H groups in total. The Kier molecular flexibility index (Phi) is 7.18. The molecule has 1 aromatic rings. The van der Waals surface area contributed by atoms with Crippen LogP contribution >= 0.6 is 0 Å². The molecule has 0 aliphatic heterocycles. The predicted molar refractivity (Wildman–Crippen MR) is 87.0 cm³/mol. The highest BCUT2D eigenvalue weighted by Gasteiger charge is 2.26. The van der Waals surface area contributed by atoms with Crippen LogP contribution in [0.15, 0.2) is 18.2 Å². The van der Waals surface area contributed by atoms with Crippen molar-refractivity contribution in [2.45, 2.75) is 26.3 Å². The van der Waals surface area contributed by atoms with Gasteiger partial charge in [-0.05, 0) is 18.1 Å². The number of ether oxygens (including phenoxy) is 3. The average Bonchev–Trinajstić information content (AvgIpc) is 2.58. The Morgan fingerprint density at radius 2 is 1.87 bits per heavy atom. The van der Waals surface area contributed by atoms with Crippen molar-refractivity contribution in [1.82, 2.24) is 5.32 Å². The number of urea groups is 1. The van der Waals surface area contributed by atoms with Gasteiger partial charge in [-0.15, -0.1) is 0 Å². The molecule has 0 bridgehead atoms. The largest absolute Gasteiger partial charge is 0.497 e. The van der Waals surface area contributed by atoms with Crippen molar-refractivity contribution >= 4 is 17.7 Å². The van der Waals surface area contributed by atoms with Crippen LogP contribution in [-0.2, 0) is 9.53 Å². The monoisotopic (exact) mass is 324 g/mol. The SMILES string of the molecule is CC[C@@H](C)[C@@H](NC(=O)Nc1ccc(OC)cc1OC)C(=O)OC. The van der Waals surface area contributed by atoms with Gasteiger partial charge in [-0.3, -0.25) is 0 Å². The third-order valence-electron chi connectivity index (χ3n) is 3.61. The van der Waals surface area contributed by atoms with Gasteiger partial charge in [0, 0.05) is 6.07 Å². The lowest BCUT2D eigenvalue weighted by Gasteiger charge is -2.22. The number of benzene rings is 1. The van der Waals surface area contributed by atoms with E-state index in [9.17, 15) is 9.59 Å². The molecule has 0 unspecified atom stereocenters. The molecule has 2 atom stereocenters. The summed E-state index contributed by atoms with van der Waals surface area (Å²) < 4.78 is 15.1. The molecule has 0 spiro atoms. The molecule has 7 heteroatoms. The van der Waals surface area contributed by atoms with Gasteiger partial charge in [-0.1, -0.05) is 20.3 Å². The highest BCUT2D eigenvalue weighted by molar-refractivity contribution is 5.94. The Labute approximate surface area is 136 Å². The molecule has 23 heavy (non-hydrogen) atoms. The smallest absolute Gasteiger partial charge is 0.328 e. The molecule has 1 aromatic carbocycles. The number of carbonyl (C=O) groups is 2. The second-order valence-corrected chi connectivity index (χ2v) is 5.05. The Morgan fingerprint density at radius 1 is 1.17 bits per heavy atom. The third kappa shape index (κ3) is 5.05. The highest BCUT2D eigenvalue weighted by atomic mass is 16.5. The molecule has 0 heterocycles. The molecular weight excluding hydrogens is 300 g/mol. The van der Waals surface area contributed by atoms with Crippen LogP contribution in [-0.4, -0.2) is 39.4 Å². The molecule has 2 amide bonds. The molecule has 0 aliphatic carbocycles. The van der Waals surface area contributed by atoms with Crippen LogP contribution < -0.4 is 20.1 Å². The van der Waals surface area contributed by atoms with Crippen molar-refractivity contribution in [1.29, 1.82) is 0 Å². The lowest BCUT2D eigenvalue weighted by atomic mass is 9.99. The van der Waals surface area contributed by atoms with Gasteiger partial charge in [0.2, 0.25) is 0 Å². The van der Waals surface area contributed by atoms with Gasteiger partial charge in [0.05, 0.1) is 27.0 Å². The van der Waals surface area contributed by atoms with Crippen LogP contribution in [0.5, 0.6) is 11.5 Å². The maximum Gasteiger partial charge on any atom is 0.328 e. The molecule has 0 saturated carbocycles. The van der Waals surface area contributed by atoms with Gasteiger partial charge in [-0.25, -0.2) is 9.59 Å². The Balaban J connectivity index is 2.84. The first-order valence-electron chi connectivity index (χ1n) is 7.34. The molecule has 0 aromatic heterocycles. The van der Waals surface area contributed by atoms with Gasteiger partial charge in [0.1, 0.15) is 17.5 Å². The first kappa shape index (κ1) is 18.6.